The van der Waals surface area contributed by atoms with Crippen LogP contribution in [-0.2, 0) is 4.74 Å². The Hall–Kier alpha value is -1.82. The molecule has 1 saturated heterocycles. The van der Waals surface area contributed by atoms with E-state index in [0.29, 0.717) is 5.56 Å². The van der Waals surface area contributed by atoms with Crippen LogP contribution in [0.15, 0.2) is 23.6 Å². The van der Waals surface area contributed by atoms with Gasteiger partial charge < -0.3 is 20.6 Å². The molecule has 0 radical (unpaired) electrons. The minimum Gasteiger partial charge on any atom is -0.409 e. The lowest BCUT2D eigenvalue weighted by atomic mass is 10.1. The van der Waals surface area contributed by atoms with E-state index in [0.717, 1.165) is 18.7 Å². The topological polar surface area (TPSA) is 84.0 Å². The highest BCUT2D eigenvalue weighted by molar-refractivity contribution is 6.02. The van der Waals surface area contributed by atoms with Gasteiger partial charge in [0.15, 0.2) is 5.84 Å². The molecule has 0 spiro atoms. The summed E-state index contributed by atoms with van der Waals surface area (Å²) in [6.07, 6.45) is 4.47. The normalized spacial score (nSPS) is 24.2. The van der Waals surface area contributed by atoms with E-state index >= 15 is 0 Å². The summed E-state index contributed by atoms with van der Waals surface area (Å²) in [6.45, 7) is 2.81. The molecule has 3 N–H and O–H groups in total. The van der Waals surface area contributed by atoms with Gasteiger partial charge in [0.1, 0.15) is 0 Å². The highest BCUT2D eigenvalue weighted by atomic mass is 16.5. The van der Waals surface area contributed by atoms with E-state index in [1.165, 1.54) is 0 Å². The van der Waals surface area contributed by atoms with Gasteiger partial charge in [-0.05, 0) is 19.4 Å². The summed E-state index contributed by atoms with van der Waals surface area (Å²) in [7, 11) is 1.97. The maximum atomic E-state index is 8.81. The number of aromatic nitrogens is 1. The molecule has 6 heteroatoms. The average molecular weight is 250 g/mol. The summed E-state index contributed by atoms with van der Waals surface area (Å²) < 4.78 is 5.56. The Labute approximate surface area is 106 Å². The van der Waals surface area contributed by atoms with Gasteiger partial charge in [-0.25, -0.2) is 0 Å². The third kappa shape index (κ3) is 2.24. The molecule has 2 atom stereocenters. The van der Waals surface area contributed by atoms with Gasteiger partial charge in [0.25, 0.3) is 0 Å². The van der Waals surface area contributed by atoms with Gasteiger partial charge in [-0.15, -0.1) is 0 Å². The van der Waals surface area contributed by atoms with Crippen LogP contribution in [0.5, 0.6) is 0 Å². The molecule has 18 heavy (non-hydrogen) atoms. The van der Waals surface area contributed by atoms with Gasteiger partial charge in [-0.1, -0.05) is 5.16 Å². The van der Waals surface area contributed by atoms with Crippen LogP contribution in [0.3, 0.4) is 0 Å². The Morgan fingerprint density at radius 1 is 1.67 bits per heavy atom. The third-order valence-electron chi connectivity index (χ3n) is 3.40. The molecule has 98 valence electrons. The van der Waals surface area contributed by atoms with Gasteiger partial charge in [0, 0.05) is 25.4 Å². The Morgan fingerprint density at radius 2 is 2.44 bits per heavy atom. The monoisotopic (exact) mass is 250 g/mol. The zero-order valence-corrected chi connectivity index (χ0v) is 10.6. The lowest BCUT2D eigenvalue weighted by molar-refractivity contribution is 0.118. The highest BCUT2D eigenvalue weighted by Gasteiger charge is 2.29. The van der Waals surface area contributed by atoms with Crippen LogP contribution in [0.1, 0.15) is 18.9 Å². The Morgan fingerprint density at radius 3 is 3.06 bits per heavy atom. The second-order valence-electron chi connectivity index (χ2n) is 4.42. The SMILES string of the molecule is CC1OCCC1N(C)c1cnccc1/C(N)=N/O. The lowest BCUT2D eigenvalue weighted by Gasteiger charge is -2.29. The van der Waals surface area contributed by atoms with Crippen molar-refractivity contribution in [2.24, 2.45) is 10.9 Å². The second-order valence-corrected chi connectivity index (χ2v) is 4.42. The summed E-state index contributed by atoms with van der Waals surface area (Å²) in [4.78, 5) is 6.19. The minimum atomic E-state index is 0.0887. The van der Waals surface area contributed by atoms with Crippen molar-refractivity contribution in [2.45, 2.75) is 25.5 Å². The Kier molecular flexibility index (Phi) is 3.66. The van der Waals surface area contributed by atoms with E-state index in [2.05, 4.69) is 15.0 Å². The van der Waals surface area contributed by atoms with Gasteiger partial charge in [0.2, 0.25) is 0 Å². The van der Waals surface area contributed by atoms with Crippen molar-refractivity contribution >= 4 is 11.5 Å². The van der Waals surface area contributed by atoms with Crippen molar-refractivity contribution in [3.63, 3.8) is 0 Å². The van der Waals surface area contributed by atoms with Gasteiger partial charge in [-0.2, -0.15) is 0 Å². The van der Waals surface area contributed by atoms with E-state index in [9.17, 15) is 0 Å². The van der Waals surface area contributed by atoms with Crippen molar-refractivity contribution in [3.05, 3.63) is 24.0 Å². The van der Waals surface area contributed by atoms with E-state index < -0.39 is 0 Å². The molecule has 1 aliphatic heterocycles. The van der Waals surface area contributed by atoms with E-state index in [1.54, 1.807) is 18.5 Å². The molecule has 1 aromatic rings. The molecular weight excluding hydrogens is 232 g/mol. The number of anilines is 1. The number of hydrogen-bond acceptors (Lipinski definition) is 5. The van der Waals surface area contributed by atoms with Crippen LogP contribution in [-0.4, -0.2) is 41.8 Å². The van der Waals surface area contributed by atoms with Gasteiger partial charge in [0.05, 0.1) is 24.0 Å². The molecule has 6 nitrogen and oxygen atoms in total. The summed E-state index contributed by atoms with van der Waals surface area (Å²) in [5.74, 6) is 0.0887. The van der Waals surface area contributed by atoms with Crippen LogP contribution < -0.4 is 10.6 Å². The molecule has 2 heterocycles. The van der Waals surface area contributed by atoms with Crippen LogP contribution in [0.4, 0.5) is 5.69 Å². The number of nitrogens with zero attached hydrogens (tertiary/aromatic N) is 3. The summed E-state index contributed by atoms with van der Waals surface area (Å²) in [5, 5.41) is 11.9. The lowest BCUT2D eigenvalue weighted by Crippen LogP contribution is -2.38. The predicted molar refractivity (Wildman–Crippen MR) is 69.0 cm³/mol. The first-order valence-corrected chi connectivity index (χ1v) is 5.91. The van der Waals surface area contributed by atoms with Crippen LogP contribution in [0.25, 0.3) is 0 Å². The largest absolute Gasteiger partial charge is 0.409 e. The molecular formula is C12H18N4O2. The molecule has 2 rings (SSSR count). The summed E-state index contributed by atoms with van der Waals surface area (Å²) in [6, 6.07) is 2.01. The van der Waals surface area contributed by atoms with Crippen molar-refractivity contribution in [3.8, 4) is 0 Å². The zero-order valence-electron chi connectivity index (χ0n) is 10.6. The Bertz CT molecular complexity index is 449. The molecule has 0 amide bonds. The fourth-order valence-corrected chi connectivity index (χ4v) is 2.35. The second kappa shape index (κ2) is 5.22. The van der Waals surface area contributed by atoms with Crippen LogP contribution >= 0.6 is 0 Å². The standard InChI is InChI=1S/C12H18N4O2/c1-8-10(4-6-18-8)16(2)11-7-14-5-3-9(11)12(13)15-17/h3,5,7-8,10,17H,4,6H2,1-2H3,(H2,13,15). The molecule has 1 fully saturated rings. The van der Waals surface area contributed by atoms with Crippen molar-refractivity contribution < 1.29 is 9.94 Å². The van der Waals surface area contributed by atoms with Crippen LogP contribution in [0, 0.1) is 0 Å². The number of amidine groups is 1. The number of ether oxygens (including phenoxy) is 1. The van der Waals surface area contributed by atoms with Crippen molar-refractivity contribution in [2.75, 3.05) is 18.6 Å². The summed E-state index contributed by atoms with van der Waals surface area (Å²) in [5.41, 5.74) is 7.20. The van der Waals surface area contributed by atoms with E-state index in [1.807, 2.05) is 14.0 Å². The highest BCUT2D eigenvalue weighted by Crippen LogP contribution is 2.26. The Balaban J connectivity index is 2.32. The number of nitrogens with two attached hydrogens (primary N) is 1. The van der Waals surface area contributed by atoms with Gasteiger partial charge in [-0.3, -0.25) is 4.98 Å². The predicted octanol–water partition coefficient (Wildman–Crippen LogP) is 0.790. The maximum Gasteiger partial charge on any atom is 0.172 e. The number of hydrogen-bond donors (Lipinski definition) is 2. The molecule has 2 unspecified atom stereocenters. The third-order valence-corrected chi connectivity index (χ3v) is 3.40. The summed E-state index contributed by atoms with van der Waals surface area (Å²) >= 11 is 0. The molecule has 0 saturated carbocycles. The van der Waals surface area contributed by atoms with E-state index in [-0.39, 0.29) is 18.0 Å². The molecule has 1 aliphatic rings. The average Bonchev–Trinajstić information content (AvgIpc) is 2.83. The first-order valence-electron chi connectivity index (χ1n) is 5.91. The minimum absolute atomic E-state index is 0.0887. The fraction of sp³-hybridized carbons (Fsp3) is 0.500. The number of pyridine rings is 1. The molecule has 1 aromatic heterocycles. The van der Waals surface area contributed by atoms with Crippen molar-refractivity contribution in [1.82, 2.24) is 4.98 Å². The van der Waals surface area contributed by atoms with Gasteiger partial charge >= 0.3 is 0 Å². The zero-order chi connectivity index (χ0) is 13.1. The maximum absolute atomic E-state index is 8.81. The molecule has 0 aliphatic carbocycles. The molecule has 0 aromatic carbocycles. The molecule has 0 bridgehead atoms. The number of rotatable bonds is 3. The van der Waals surface area contributed by atoms with Crippen molar-refractivity contribution in [1.29, 1.82) is 0 Å². The first kappa shape index (κ1) is 12.6. The quantitative estimate of drug-likeness (QED) is 0.358. The first-order chi connectivity index (χ1) is 8.65. The van der Waals surface area contributed by atoms with E-state index in [4.69, 9.17) is 15.7 Å². The number of likely N-dealkylation sites (N-methyl/N-ethyl adjacent to an activating group) is 1. The number of oxime groups is 1. The van der Waals surface area contributed by atoms with Crippen LogP contribution in [0.2, 0.25) is 0 Å². The fourth-order valence-electron chi connectivity index (χ4n) is 2.35. The smallest absolute Gasteiger partial charge is 0.172 e.